The van der Waals surface area contributed by atoms with Crippen LogP contribution in [0, 0.1) is 0 Å². The molecule has 0 aliphatic carbocycles. The molecule has 1 aromatic heterocycles. The van der Waals surface area contributed by atoms with E-state index in [1.54, 1.807) is 30.5 Å². The van der Waals surface area contributed by atoms with E-state index in [0.717, 1.165) is 12.1 Å². The van der Waals surface area contributed by atoms with E-state index in [0.29, 0.717) is 18.4 Å². The van der Waals surface area contributed by atoms with Gasteiger partial charge in [0.1, 0.15) is 0 Å². The molecule has 1 heterocycles. The van der Waals surface area contributed by atoms with E-state index in [2.05, 4.69) is 28.6 Å². The number of nitrogens with zero attached hydrogens (tertiary/aromatic N) is 1. The van der Waals surface area contributed by atoms with Gasteiger partial charge in [0.2, 0.25) is 0 Å². The van der Waals surface area contributed by atoms with Crippen molar-refractivity contribution in [3.8, 4) is 11.5 Å². The zero-order valence-electron chi connectivity index (χ0n) is 16.4. The summed E-state index contributed by atoms with van der Waals surface area (Å²) in [6.07, 6.45) is -4.40. The molecule has 2 rings (SSSR count). The number of thiophene rings is 1. The molecule has 1 unspecified atom stereocenters. The molecule has 10 heteroatoms. The molecule has 0 fully saturated rings. The normalized spacial score (nSPS) is 12.7. The monoisotopic (exact) mass is 543 g/mol. The molecule has 162 valence electrons. The summed E-state index contributed by atoms with van der Waals surface area (Å²) < 4.78 is 46.9. The first kappa shape index (κ1) is 25.3. The van der Waals surface area contributed by atoms with Crippen molar-refractivity contribution in [1.82, 2.24) is 10.6 Å². The fraction of sp³-hybridized carbons (Fsp3) is 0.421. The molecule has 5 nitrogen and oxygen atoms in total. The Balaban J connectivity index is 0.00000420. The summed E-state index contributed by atoms with van der Waals surface area (Å²) in [5.74, 6) is 1.29. The second-order valence-corrected chi connectivity index (χ2v) is 7.09. The SMILES string of the molecule is CN=C(NCc1ccc(OCC(F)(F)F)c(OC)c1)NCC(C)c1cccs1.I. The lowest BCUT2D eigenvalue weighted by atomic mass is 10.1. The maximum Gasteiger partial charge on any atom is 0.422 e. The topological polar surface area (TPSA) is 54.9 Å². The van der Waals surface area contributed by atoms with E-state index < -0.39 is 12.8 Å². The second kappa shape index (κ2) is 12.1. The van der Waals surface area contributed by atoms with Crippen LogP contribution in [0.5, 0.6) is 11.5 Å². The first-order valence-electron chi connectivity index (χ1n) is 8.66. The third-order valence-electron chi connectivity index (χ3n) is 3.91. The predicted molar refractivity (Wildman–Crippen MR) is 121 cm³/mol. The highest BCUT2D eigenvalue weighted by Gasteiger charge is 2.29. The van der Waals surface area contributed by atoms with Crippen molar-refractivity contribution in [2.24, 2.45) is 4.99 Å². The van der Waals surface area contributed by atoms with Gasteiger partial charge in [0.05, 0.1) is 7.11 Å². The number of hydrogen-bond acceptors (Lipinski definition) is 4. The third kappa shape index (κ3) is 8.69. The van der Waals surface area contributed by atoms with Gasteiger partial charge in [0, 0.05) is 30.9 Å². The number of hydrogen-bond donors (Lipinski definition) is 2. The minimum absolute atomic E-state index is 0. The van der Waals surface area contributed by atoms with Crippen LogP contribution >= 0.6 is 35.3 Å². The van der Waals surface area contributed by atoms with Crippen molar-refractivity contribution in [2.45, 2.75) is 25.6 Å². The van der Waals surface area contributed by atoms with Gasteiger partial charge in [-0.15, -0.1) is 35.3 Å². The predicted octanol–water partition coefficient (Wildman–Crippen LogP) is 4.78. The molecule has 0 aliphatic heterocycles. The number of benzene rings is 1. The van der Waals surface area contributed by atoms with E-state index in [9.17, 15) is 13.2 Å². The van der Waals surface area contributed by atoms with Crippen molar-refractivity contribution in [2.75, 3.05) is 27.3 Å². The van der Waals surface area contributed by atoms with Crippen LogP contribution in [0.15, 0.2) is 40.7 Å². The molecular formula is C19H25F3IN3O2S. The molecule has 0 spiro atoms. The molecule has 0 aliphatic rings. The van der Waals surface area contributed by atoms with Crippen molar-refractivity contribution in [1.29, 1.82) is 0 Å². The molecule has 0 saturated heterocycles. The van der Waals surface area contributed by atoms with Crippen LogP contribution in [-0.4, -0.2) is 39.4 Å². The summed E-state index contributed by atoms with van der Waals surface area (Å²) in [5.41, 5.74) is 0.825. The number of nitrogens with one attached hydrogen (secondary N) is 2. The second-order valence-electron chi connectivity index (χ2n) is 6.11. The summed E-state index contributed by atoms with van der Waals surface area (Å²) in [5, 5.41) is 8.50. The number of alkyl halides is 3. The minimum Gasteiger partial charge on any atom is -0.493 e. The first-order chi connectivity index (χ1) is 13.3. The van der Waals surface area contributed by atoms with Crippen LogP contribution in [0.3, 0.4) is 0 Å². The Morgan fingerprint density at radius 3 is 2.55 bits per heavy atom. The van der Waals surface area contributed by atoms with E-state index in [4.69, 9.17) is 9.47 Å². The van der Waals surface area contributed by atoms with Gasteiger partial charge in [-0.05, 0) is 29.1 Å². The molecule has 0 saturated carbocycles. The fourth-order valence-corrected chi connectivity index (χ4v) is 3.22. The number of rotatable bonds is 8. The number of aliphatic imine (C=N–C) groups is 1. The summed E-state index contributed by atoms with van der Waals surface area (Å²) >= 11 is 1.71. The number of ether oxygens (including phenoxy) is 2. The van der Waals surface area contributed by atoms with Crippen LogP contribution < -0.4 is 20.1 Å². The van der Waals surface area contributed by atoms with Gasteiger partial charge in [-0.3, -0.25) is 4.99 Å². The van der Waals surface area contributed by atoms with Crippen molar-refractivity contribution >= 4 is 41.3 Å². The van der Waals surface area contributed by atoms with Gasteiger partial charge in [0.25, 0.3) is 0 Å². The molecule has 0 amide bonds. The van der Waals surface area contributed by atoms with Gasteiger partial charge < -0.3 is 20.1 Å². The van der Waals surface area contributed by atoms with Crippen molar-refractivity contribution in [3.05, 3.63) is 46.2 Å². The average molecular weight is 543 g/mol. The number of halogens is 4. The fourth-order valence-electron chi connectivity index (χ4n) is 2.43. The summed E-state index contributed by atoms with van der Waals surface area (Å²) in [7, 11) is 3.07. The Labute approximate surface area is 189 Å². The van der Waals surface area contributed by atoms with Crippen LogP contribution in [0.2, 0.25) is 0 Å². The molecule has 1 aromatic carbocycles. The van der Waals surface area contributed by atoms with Gasteiger partial charge in [0.15, 0.2) is 24.1 Å². The highest BCUT2D eigenvalue weighted by atomic mass is 127. The van der Waals surface area contributed by atoms with Crippen LogP contribution in [0.25, 0.3) is 0 Å². The smallest absolute Gasteiger partial charge is 0.422 e. The standard InChI is InChI=1S/C19H24F3N3O2S.HI/c1-13(17-5-4-8-28-17)10-24-18(23-2)25-11-14-6-7-15(16(9-14)26-3)27-12-19(20,21)22;/h4-9,13H,10-12H2,1-3H3,(H2,23,24,25);1H. The lowest BCUT2D eigenvalue weighted by Crippen LogP contribution is -2.38. The highest BCUT2D eigenvalue weighted by Crippen LogP contribution is 2.29. The summed E-state index contributed by atoms with van der Waals surface area (Å²) in [6, 6.07) is 8.92. The van der Waals surface area contributed by atoms with Crippen LogP contribution in [0.1, 0.15) is 23.3 Å². The Morgan fingerprint density at radius 1 is 1.21 bits per heavy atom. The third-order valence-corrected chi connectivity index (χ3v) is 5.01. The molecule has 0 radical (unpaired) electrons. The summed E-state index contributed by atoms with van der Waals surface area (Å²) in [6.45, 7) is 1.94. The quantitative estimate of drug-likeness (QED) is 0.286. The maximum absolute atomic E-state index is 12.3. The average Bonchev–Trinajstić information content (AvgIpc) is 3.20. The van der Waals surface area contributed by atoms with E-state index in [1.807, 2.05) is 11.4 Å². The number of methoxy groups -OCH3 is 1. The molecular weight excluding hydrogens is 518 g/mol. The highest BCUT2D eigenvalue weighted by molar-refractivity contribution is 14.0. The lowest BCUT2D eigenvalue weighted by molar-refractivity contribution is -0.153. The number of guanidine groups is 1. The van der Waals surface area contributed by atoms with E-state index >= 15 is 0 Å². The Bertz CT molecular complexity index is 771. The molecule has 1 atom stereocenters. The molecule has 2 aromatic rings. The minimum atomic E-state index is -4.40. The molecule has 0 bridgehead atoms. The van der Waals surface area contributed by atoms with Gasteiger partial charge in [-0.1, -0.05) is 19.1 Å². The maximum atomic E-state index is 12.3. The van der Waals surface area contributed by atoms with E-state index in [-0.39, 0.29) is 35.5 Å². The van der Waals surface area contributed by atoms with Gasteiger partial charge in [-0.25, -0.2) is 0 Å². The van der Waals surface area contributed by atoms with Gasteiger partial charge >= 0.3 is 6.18 Å². The van der Waals surface area contributed by atoms with E-state index in [1.165, 1.54) is 18.1 Å². The molecule has 2 N–H and O–H groups in total. The first-order valence-corrected chi connectivity index (χ1v) is 9.54. The zero-order chi connectivity index (χ0) is 20.6. The largest absolute Gasteiger partial charge is 0.493 e. The van der Waals surface area contributed by atoms with Gasteiger partial charge in [-0.2, -0.15) is 13.2 Å². The zero-order valence-corrected chi connectivity index (χ0v) is 19.5. The molecule has 29 heavy (non-hydrogen) atoms. The van der Waals surface area contributed by atoms with Crippen molar-refractivity contribution in [3.63, 3.8) is 0 Å². The Morgan fingerprint density at radius 2 is 1.97 bits per heavy atom. The Kier molecular flexibility index (Phi) is 10.6. The van der Waals surface area contributed by atoms with Crippen LogP contribution in [-0.2, 0) is 6.54 Å². The van der Waals surface area contributed by atoms with Crippen LogP contribution in [0.4, 0.5) is 13.2 Å². The lowest BCUT2D eigenvalue weighted by Gasteiger charge is -2.16. The Hall–Kier alpha value is -1.69. The van der Waals surface area contributed by atoms with Crippen molar-refractivity contribution < 1.29 is 22.6 Å². The summed E-state index contributed by atoms with van der Waals surface area (Å²) in [4.78, 5) is 5.48.